The fourth-order valence-corrected chi connectivity index (χ4v) is 2.98. The molecule has 0 radical (unpaired) electrons. The zero-order valence-electron chi connectivity index (χ0n) is 14.1. The van der Waals surface area contributed by atoms with Gasteiger partial charge >= 0.3 is 5.97 Å². The number of aliphatic carboxylic acids is 1. The highest BCUT2D eigenvalue weighted by atomic mass is 16.4. The number of benzene rings is 1. The van der Waals surface area contributed by atoms with Gasteiger partial charge in [0.1, 0.15) is 6.04 Å². The Morgan fingerprint density at radius 3 is 2.50 bits per heavy atom. The minimum absolute atomic E-state index is 0.0249. The lowest BCUT2D eigenvalue weighted by molar-refractivity contribution is -0.149. The van der Waals surface area contributed by atoms with Gasteiger partial charge in [-0.2, -0.15) is 0 Å². The third-order valence-corrected chi connectivity index (χ3v) is 4.37. The van der Waals surface area contributed by atoms with Gasteiger partial charge in [-0.25, -0.2) is 0 Å². The molecule has 1 heterocycles. The first kappa shape index (κ1) is 18.0. The van der Waals surface area contributed by atoms with Crippen molar-refractivity contribution in [2.75, 3.05) is 20.1 Å². The zero-order valence-corrected chi connectivity index (χ0v) is 14.1. The Kier molecular flexibility index (Phi) is 5.95. The van der Waals surface area contributed by atoms with Crippen LogP contribution in [0.15, 0.2) is 30.3 Å². The minimum Gasteiger partial charge on any atom is -0.481 e. The van der Waals surface area contributed by atoms with E-state index in [2.05, 4.69) is 0 Å². The lowest BCUT2D eigenvalue weighted by Crippen LogP contribution is -2.47. The van der Waals surface area contributed by atoms with Crippen LogP contribution >= 0.6 is 0 Å². The van der Waals surface area contributed by atoms with E-state index in [1.807, 2.05) is 30.3 Å². The molecule has 1 aromatic carbocycles. The molecule has 0 spiro atoms. The van der Waals surface area contributed by atoms with E-state index in [0.29, 0.717) is 13.0 Å². The Morgan fingerprint density at radius 2 is 1.92 bits per heavy atom. The van der Waals surface area contributed by atoms with Gasteiger partial charge in [-0.05, 0) is 18.4 Å². The van der Waals surface area contributed by atoms with Gasteiger partial charge in [0.05, 0.1) is 5.92 Å². The molecule has 0 bridgehead atoms. The number of likely N-dealkylation sites (tertiary alicyclic amines) is 1. The van der Waals surface area contributed by atoms with Crippen LogP contribution in [-0.4, -0.2) is 52.8 Å². The summed E-state index contributed by atoms with van der Waals surface area (Å²) >= 11 is 0. The number of amides is 2. The number of rotatable bonds is 6. The van der Waals surface area contributed by atoms with E-state index in [9.17, 15) is 14.4 Å². The smallest absolute Gasteiger partial charge is 0.308 e. The number of hydrogen-bond donors (Lipinski definition) is 1. The minimum atomic E-state index is -0.944. The molecule has 6 heteroatoms. The third-order valence-electron chi connectivity index (χ3n) is 4.37. The molecule has 24 heavy (non-hydrogen) atoms. The molecular weight excluding hydrogens is 308 g/mol. The maximum Gasteiger partial charge on any atom is 0.308 e. The van der Waals surface area contributed by atoms with Crippen molar-refractivity contribution in [2.24, 2.45) is 5.92 Å². The zero-order chi connectivity index (χ0) is 17.7. The number of likely N-dealkylation sites (N-methyl/N-ethyl adjacent to an activating group) is 1. The average Bonchev–Trinajstić information content (AvgIpc) is 2.57. The molecule has 1 N–H and O–H groups in total. The average molecular weight is 332 g/mol. The van der Waals surface area contributed by atoms with E-state index in [-0.39, 0.29) is 18.4 Å². The summed E-state index contributed by atoms with van der Waals surface area (Å²) in [5.41, 5.74) is 0.757. The Morgan fingerprint density at radius 1 is 1.25 bits per heavy atom. The standard InChI is InChI=1S/C18H24N2O4/c1-13(18(23)24)12-19(2)17(22)16(14-8-4-3-5-9-14)20-11-7-6-10-15(20)21/h3-5,8-9,13,16H,6-7,10-12H2,1-2H3,(H,23,24). The molecular formula is C18H24N2O4. The van der Waals surface area contributed by atoms with E-state index in [4.69, 9.17) is 5.11 Å². The second kappa shape index (κ2) is 7.95. The number of carbonyl (C=O) groups excluding carboxylic acids is 2. The van der Waals surface area contributed by atoms with Gasteiger partial charge in [-0.3, -0.25) is 14.4 Å². The van der Waals surface area contributed by atoms with Gasteiger partial charge < -0.3 is 14.9 Å². The largest absolute Gasteiger partial charge is 0.481 e. The lowest BCUT2D eigenvalue weighted by atomic mass is 9.99. The summed E-state index contributed by atoms with van der Waals surface area (Å²) in [6, 6.07) is 8.51. The summed E-state index contributed by atoms with van der Waals surface area (Å²) in [6.07, 6.45) is 2.17. The highest BCUT2D eigenvalue weighted by molar-refractivity contribution is 5.89. The van der Waals surface area contributed by atoms with Crippen LogP contribution in [0.5, 0.6) is 0 Å². The van der Waals surface area contributed by atoms with E-state index in [0.717, 1.165) is 18.4 Å². The molecule has 1 aromatic rings. The number of nitrogens with zero attached hydrogens (tertiary/aromatic N) is 2. The number of carboxylic acids is 1. The maximum atomic E-state index is 13.0. The van der Waals surface area contributed by atoms with Gasteiger partial charge in [-0.1, -0.05) is 37.3 Å². The van der Waals surface area contributed by atoms with Crippen molar-refractivity contribution in [1.82, 2.24) is 9.80 Å². The molecule has 1 aliphatic heterocycles. The Labute approximate surface area is 142 Å². The summed E-state index contributed by atoms with van der Waals surface area (Å²) in [5.74, 6) is -1.87. The van der Waals surface area contributed by atoms with E-state index in [1.54, 1.807) is 18.9 Å². The molecule has 1 aliphatic rings. The fraction of sp³-hybridized carbons (Fsp3) is 0.500. The monoisotopic (exact) mass is 332 g/mol. The summed E-state index contributed by atoms with van der Waals surface area (Å²) in [7, 11) is 1.59. The summed E-state index contributed by atoms with van der Waals surface area (Å²) < 4.78 is 0. The quantitative estimate of drug-likeness (QED) is 0.863. The Balaban J connectivity index is 2.26. The third kappa shape index (κ3) is 4.13. The van der Waals surface area contributed by atoms with Crippen molar-refractivity contribution < 1.29 is 19.5 Å². The first-order chi connectivity index (χ1) is 11.4. The molecule has 2 atom stereocenters. The van der Waals surface area contributed by atoms with Crippen LogP contribution in [0.4, 0.5) is 0 Å². The van der Waals surface area contributed by atoms with Crippen LogP contribution in [0, 0.1) is 5.92 Å². The molecule has 0 aromatic heterocycles. The molecule has 6 nitrogen and oxygen atoms in total. The van der Waals surface area contributed by atoms with Gasteiger partial charge in [0.2, 0.25) is 11.8 Å². The van der Waals surface area contributed by atoms with Crippen LogP contribution in [0.25, 0.3) is 0 Å². The second-order valence-electron chi connectivity index (χ2n) is 6.32. The summed E-state index contributed by atoms with van der Waals surface area (Å²) in [5, 5.41) is 9.06. The molecule has 2 rings (SSSR count). The number of hydrogen-bond acceptors (Lipinski definition) is 3. The topological polar surface area (TPSA) is 77.9 Å². The van der Waals surface area contributed by atoms with Crippen LogP contribution in [0.2, 0.25) is 0 Å². The molecule has 2 amide bonds. The molecule has 130 valence electrons. The van der Waals surface area contributed by atoms with Gasteiger partial charge in [0.25, 0.3) is 0 Å². The van der Waals surface area contributed by atoms with Crippen LogP contribution in [0.1, 0.15) is 37.8 Å². The normalized spacial score (nSPS) is 17.2. The SMILES string of the molecule is CC(CN(C)C(=O)C(c1ccccc1)N1CCCCC1=O)C(=O)O. The molecule has 0 aliphatic carbocycles. The molecule has 1 saturated heterocycles. The highest BCUT2D eigenvalue weighted by Crippen LogP contribution is 2.27. The number of carboxylic acid groups (broad SMARTS) is 1. The summed E-state index contributed by atoms with van der Waals surface area (Å²) in [6.45, 7) is 2.22. The first-order valence-electron chi connectivity index (χ1n) is 8.24. The van der Waals surface area contributed by atoms with Crippen LogP contribution in [0.3, 0.4) is 0 Å². The highest BCUT2D eigenvalue weighted by Gasteiger charge is 2.34. The predicted octanol–water partition coefficient (Wildman–Crippen LogP) is 1.92. The molecule has 1 fully saturated rings. The van der Waals surface area contributed by atoms with Crippen LogP contribution in [-0.2, 0) is 14.4 Å². The predicted molar refractivity (Wildman–Crippen MR) is 89.2 cm³/mol. The van der Waals surface area contributed by atoms with E-state index < -0.39 is 17.9 Å². The lowest BCUT2D eigenvalue weighted by Gasteiger charge is -2.36. The molecule has 2 unspecified atom stereocenters. The van der Waals surface area contributed by atoms with Crippen molar-refractivity contribution in [2.45, 2.75) is 32.2 Å². The van der Waals surface area contributed by atoms with Crippen molar-refractivity contribution >= 4 is 17.8 Å². The van der Waals surface area contributed by atoms with Gasteiger partial charge in [0.15, 0.2) is 0 Å². The van der Waals surface area contributed by atoms with Crippen molar-refractivity contribution in [3.05, 3.63) is 35.9 Å². The van der Waals surface area contributed by atoms with Crippen molar-refractivity contribution in [1.29, 1.82) is 0 Å². The van der Waals surface area contributed by atoms with E-state index >= 15 is 0 Å². The number of piperidine rings is 1. The van der Waals surface area contributed by atoms with Gasteiger partial charge in [0, 0.05) is 26.6 Å². The van der Waals surface area contributed by atoms with Crippen LogP contribution < -0.4 is 0 Å². The number of carbonyl (C=O) groups is 3. The first-order valence-corrected chi connectivity index (χ1v) is 8.24. The Hall–Kier alpha value is -2.37. The second-order valence-corrected chi connectivity index (χ2v) is 6.32. The summed E-state index contributed by atoms with van der Waals surface area (Å²) in [4.78, 5) is 39.4. The fourth-order valence-electron chi connectivity index (χ4n) is 2.98. The molecule has 0 saturated carbocycles. The Bertz CT molecular complexity index is 602. The van der Waals surface area contributed by atoms with Gasteiger partial charge in [-0.15, -0.1) is 0 Å². The van der Waals surface area contributed by atoms with Crippen molar-refractivity contribution in [3.8, 4) is 0 Å². The van der Waals surface area contributed by atoms with E-state index in [1.165, 1.54) is 4.90 Å². The maximum absolute atomic E-state index is 13.0. The van der Waals surface area contributed by atoms with Crippen molar-refractivity contribution in [3.63, 3.8) is 0 Å².